The Kier molecular flexibility index (Phi) is 5.57. The first kappa shape index (κ1) is 14.4. The van der Waals surface area contributed by atoms with E-state index < -0.39 is 4.92 Å². The van der Waals surface area contributed by atoms with Gasteiger partial charge < -0.3 is 9.64 Å². The monoisotopic (exact) mass is 316 g/mol. The van der Waals surface area contributed by atoms with Crippen molar-refractivity contribution < 1.29 is 14.5 Å². The van der Waals surface area contributed by atoms with Crippen molar-refractivity contribution in [3.8, 4) is 5.75 Å². The van der Waals surface area contributed by atoms with E-state index in [0.717, 1.165) is 0 Å². The molecule has 0 aliphatic heterocycles. The summed E-state index contributed by atoms with van der Waals surface area (Å²) < 4.78 is 5.35. The van der Waals surface area contributed by atoms with Gasteiger partial charge in [-0.05, 0) is 6.07 Å². The quantitative estimate of drug-likeness (QED) is 0.456. The number of rotatable bonds is 6. The minimum Gasteiger partial charge on any atom is -0.491 e. The number of ether oxygens (including phenoxy) is 1. The molecule has 6 nitrogen and oxygen atoms in total. The zero-order chi connectivity index (χ0) is 13.5. The van der Waals surface area contributed by atoms with E-state index in [1.165, 1.54) is 17.0 Å². The van der Waals surface area contributed by atoms with Gasteiger partial charge in [-0.1, -0.05) is 22.0 Å². The van der Waals surface area contributed by atoms with Crippen LogP contribution in [-0.2, 0) is 4.79 Å². The van der Waals surface area contributed by atoms with Crippen molar-refractivity contribution in [2.45, 2.75) is 0 Å². The Labute approximate surface area is 113 Å². The molecule has 1 rings (SSSR count). The SMILES string of the molecule is CN(CCOc1cccc([N+](=O)[O-])c1)C(=O)CBr. The fraction of sp³-hybridized carbons (Fsp3) is 0.364. The van der Waals surface area contributed by atoms with Gasteiger partial charge in [-0.2, -0.15) is 0 Å². The Balaban J connectivity index is 2.46. The number of carbonyl (C=O) groups is 1. The molecular weight excluding hydrogens is 304 g/mol. The van der Waals surface area contributed by atoms with E-state index in [1.54, 1.807) is 19.2 Å². The summed E-state index contributed by atoms with van der Waals surface area (Å²) in [5.74, 6) is 0.376. The lowest BCUT2D eigenvalue weighted by atomic mass is 10.3. The minimum atomic E-state index is -0.479. The van der Waals surface area contributed by atoms with Gasteiger partial charge in [-0.3, -0.25) is 14.9 Å². The van der Waals surface area contributed by atoms with Crippen molar-refractivity contribution in [3.05, 3.63) is 34.4 Å². The van der Waals surface area contributed by atoms with E-state index in [1.807, 2.05) is 0 Å². The molecule has 0 N–H and O–H groups in total. The summed E-state index contributed by atoms with van der Waals surface area (Å²) in [6.07, 6.45) is 0. The molecule has 0 atom stereocenters. The molecule has 1 aromatic carbocycles. The molecule has 0 saturated carbocycles. The van der Waals surface area contributed by atoms with Crippen molar-refractivity contribution in [1.82, 2.24) is 4.90 Å². The van der Waals surface area contributed by atoms with Crippen LogP contribution in [0.4, 0.5) is 5.69 Å². The number of non-ortho nitro benzene ring substituents is 1. The van der Waals surface area contributed by atoms with Crippen molar-refractivity contribution >= 4 is 27.5 Å². The number of nitro benzene ring substituents is 1. The van der Waals surface area contributed by atoms with Gasteiger partial charge in [-0.15, -0.1) is 0 Å². The number of nitro groups is 1. The number of nitrogens with zero attached hydrogens (tertiary/aromatic N) is 2. The van der Waals surface area contributed by atoms with Gasteiger partial charge >= 0.3 is 0 Å². The molecule has 0 fully saturated rings. The van der Waals surface area contributed by atoms with Gasteiger partial charge in [-0.25, -0.2) is 0 Å². The lowest BCUT2D eigenvalue weighted by Crippen LogP contribution is -2.31. The van der Waals surface area contributed by atoms with Crippen molar-refractivity contribution in [2.75, 3.05) is 25.5 Å². The van der Waals surface area contributed by atoms with Crippen LogP contribution >= 0.6 is 15.9 Å². The van der Waals surface area contributed by atoms with Gasteiger partial charge in [0, 0.05) is 13.1 Å². The zero-order valence-corrected chi connectivity index (χ0v) is 11.4. The molecule has 0 aliphatic rings. The highest BCUT2D eigenvalue weighted by molar-refractivity contribution is 9.09. The molecular formula is C11H13BrN2O4. The summed E-state index contributed by atoms with van der Waals surface area (Å²) in [5, 5.41) is 10.8. The molecule has 0 aliphatic carbocycles. The van der Waals surface area contributed by atoms with Crippen molar-refractivity contribution in [1.29, 1.82) is 0 Å². The Hall–Kier alpha value is -1.63. The number of alkyl halides is 1. The van der Waals surface area contributed by atoms with Crippen LogP contribution in [0, 0.1) is 10.1 Å². The first-order chi connectivity index (χ1) is 8.54. The third-order valence-corrected chi connectivity index (χ3v) is 2.74. The number of hydrogen-bond donors (Lipinski definition) is 0. The number of halogens is 1. The molecule has 0 spiro atoms. The lowest BCUT2D eigenvalue weighted by molar-refractivity contribution is -0.384. The molecule has 0 aromatic heterocycles. The first-order valence-electron chi connectivity index (χ1n) is 5.21. The zero-order valence-electron chi connectivity index (χ0n) is 9.84. The average Bonchev–Trinajstić information content (AvgIpc) is 2.38. The molecule has 1 aromatic rings. The van der Waals surface area contributed by atoms with Gasteiger partial charge in [0.1, 0.15) is 12.4 Å². The van der Waals surface area contributed by atoms with E-state index in [-0.39, 0.29) is 23.5 Å². The molecule has 0 saturated heterocycles. The van der Waals surface area contributed by atoms with E-state index >= 15 is 0 Å². The molecule has 0 heterocycles. The van der Waals surface area contributed by atoms with Gasteiger partial charge in [0.15, 0.2) is 0 Å². The normalized spacial score (nSPS) is 9.89. The Morgan fingerprint density at radius 1 is 1.56 bits per heavy atom. The molecule has 98 valence electrons. The molecule has 7 heteroatoms. The Morgan fingerprint density at radius 2 is 2.28 bits per heavy atom. The third kappa shape index (κ3) is 4.33. The van der Waals surface area contributed by atoms with Crippen LogP contribution in [0.2, 0.25) is 0 Å². The second-order valence-electron chi connectivity index (χ2n) is 3.55. The minimum absolute atomic E-state index is 0.0163. The number of likely N-dealkylation sites (N-methyl/N-ethyl adjacent to an activating group) is 1. The standard InChI is InChI=1S/C11H13BrN2O4/c1-13(11(15)8-12)5-6-18-10-4-2-3-9(7-10)14(16)17/h2-4,7H,5-6,8H2,1H3. The number of benzene rings is 1. The summed E-state index contributed by atoms with van der Waals surface area (Å²) in [5.41, 5.74) is -0.0163. The molecule has 0 bridgehead atoms. The lowest BCUT2D eigenvalue weighted by Gasteiger charge is -2.16. The predicted molar refractivity (Wildman–Crippen MR) is 70.0 cm³/mol. The van der Waals surface area contributed by atoms with E-state index in [9.17, 15) is 14.9 Å². The van der Waals surface area contributed by atoms with Crippen LogP contribution < -0.4 is 4.74 Å². The summed E-state index contributed by atoms with van der Waals surface area (Å²) in [6.45, 7) is 0.712. The number of hydrogen-bond acceptors (Lipinski definition) is 4. The van der Waals surface area contributed by atoms with Crippen molar-refractivity contribution in [2.24, 2.45) is 0 Å². The Bertz CT molecular complexity index is 439. The van der Waals surface area contributed by atoms with Gasteiger partial charge in [0.05, 0.1) is 22.9 Å². The summed E-state index contributed by atoms with van der Waals surface area (Å²) >= 11 is 3.07. The first-order valence-corrected chi connectivity index (χ1v) is 6.34. The van der Waals surface area contributed by atoms with Crippen LogP contribution in [0.5, 0.6) is 5.75 Å². The van der Waals surface area contributed by atoms with E-state index in [0.29, 0.717) is 12.3 Å². The maximum Gasteiger partial charge on any atom is 0.273 e. The highest BCUT2D eigenvalue weighted by Crippen LogP contribution is 2.18. The second-order valence-corrected chi connectivity index (χ2v) is 4.11. The smallest absolute Gasteiger partial charge is 0.273 e. The third-order valence-electron chi connectivity index (χ3n) is 2.26. The average molecular weight is 317 g/mol. The summed E-state index contributed by atoms with van der Waals surface area (Å²) in [7, 11) is 1.67. The molecule has 0 radical (unpaired) electrons. The molecule has 1 amide bonds. The highest BCUT2D eigenvalue weighted by atomic mass is 79.9. The van der Waals surface area contributed by atoms with Crippen molar-refractivity contribution in [3.63, 3.8) is 0 Å². The van der Waals surface area contributed by atoms with E-state index in [4.69, 9.17) is 4.74 Å². The predicted octanol–water partition coefficient (Wildman–Crippen LogP) is 1.83. The van der Waals surface area contributed by atoms with Crippen LogP contribution in [0.3, 0.4) is 0 Å². The van der Waals surface area contributed by atoms with Crippen LogP contribution in [0.1, 0.15) is 0 Å². The topological polar surface area (TPSA) is 72.7 Å². The molecule has 18 heavy (non-hydrogen) atoms. The van der Waals surface area contributed by atoms with Crippen LogP contribution in [-0.4, -0.2) is 41.3 Å². The summed E-state index contributed by atoms with van der Waals surface area (Å²) in [4.78, 5) is 22.8. The van der Waals surface area contributed by atoms with Crippen LogP contribution in [0.15, 0.2) is 24.3 Å². The largest absolute Gasteiger partial charge is 0.491 e. The van der Waals surface area contributed by atoms with E-state index in [2.05, 4.69) is 15.9 Å². The fourth-order valence-electron chi connectivity index (χ4n) is 1.21. The fourth-order valence-corrected chi connectivity index (χ4v) is 1.64. The molecule has 0 unspecified atom stereocenters. The van der Waals surface area contributed by atoms with Gasteiger partial charge in [0.2, 0.25) is 5.91 Å². The highest BCUT2D eigenvalue weighted by Gasteiger charge is 2.08. The van der Waals surface area contributed by atoms with Gasteiger partial charge in [0.25, 0.3) is 5.69 Å². The Morgan fingerprint density at radius 3 is 2.89 bits per heavy atom. The number of carbonyl (C=O) groups excluding carboxylic acids is 1. The maximum absolute atomic E-state index is 11.2. The van der Waals surface area contributed by atoms with Crippen LogP contribution in [0.25, 0.3) is 0 Å². The maximum atomic E-state index is 11.2. The number of amides is 1. The summed E-state index contributed by atoms with van der Waals surface area (Å²) in [6, 6.07) is 5.94. The second kappa shape index (κ2) is 6.95.